The fraction of sp³-hybridized carbons (Fsp3) is 0.262. The summed E-state index contributed by atoms with van der Waals surface area (Å²) in [4.78, 5) is 5.30. The van der Waals surface area contributed by atoms with Gasteiger partial charge in [0.25, 0.3) is 6.71 Å². The van der Waals surface area contributed by atoms with E-state index in [0.717, 1.165) is 12.8 Å². The van der Waals surface area contributed by atoms with Gasteiger partial charge in [-0.3, -0.25) is 0 Å². The molecule has 0 unspecified atom stereocenters. The minimum absolute atomic E-state index is 0.00234. The molecule has 336 valence electrons. The second kappa shape index (κ2) is 15.0. The van der Waals surface area contributed by atoms with Gasteiger partial charge in [-0.15, -0.1) is 0 Å². The molecule has 8 aromatic rings. The molecule has 0 saturated carbocycles. The third kappa shape index (κ3) is 6.52. The van der Waals surface area contributed by atoms with E-state index < -0.39 is 0 Å². The van der Waals surface area contributed by atoms with Crippen LogP contribution in [0.1, 0.15) is 124 Å². The molecular weight excluding hydrogens is 820 g/mol. The van der Waals surface area contributed by atoms with Crippen LogP contribution in [0.15, 0.2) is 170 Å². The molecule has 0 aromatic heterocycles. The zero-order valence-corrected chi connectivity index (χ0v) is 41.6. The Morgan fingerprint density at radius 1 is 0.397 bits per heavy atom. The summed E-state index contributed by atoms with van der Waals surface area (Å²) in [5.74, 6) is 0.0662. The molecule has 4 aliphatic rings. The van der Waals surface area contributed by atoms with Crippen LogP contribution in [0.2, 0.25) is 0 Å². The van der Waals surface area contributed by atoms with Crippen molar-refractivity contribution < 1.29 is 0 Å². The van der Waals surface area contributed by atoms with Gasteiger partial charge >= 0.3 is 0 Å². The van der Waals surface area contributed by atoms with Crippen LogP contribution in [0.4, 0.5) is 34.1 Å². The molecule has 12 rings (SSSR count). The Hall–Kier alpha value is -6.58. The summed E-state index contributed by atoms with van der Waals surface area (Å²) in [5.41, 5.74) is 26.7. The maximum absolute atomic E-state index is 2.68. The van der Waals surface area contributed by atoms with Crippen molar-refractivity contribution in [3.05, 3.63) is 220 Å². The van der Waals surface area contributed by atoms with Crippen molar-refractivity contribution in [2.75, 3.05) is 9.80 Å². The van der Waals surface area contributed by atoms with Crippen LogP contribution in [-0.2, 0) is 21.7 Å². The molecule has 2 heterocycles. The summed E-state index contributed by atoms with van der Waals surface area (Å²) < 4.78 is 0. The number of aryl methyl sites for hydroxylation is 2. The number of hydrogen-bond acceptors (Lipinski definition) is 2. The SMILES string of the molecule is Cc1cc2c3c(c1)N(c1cc(-c4ccccc4)ccc1C)c1ccc(C(c4ccccc4)c4ccccc4)cc1B3c1cc3c(cc1N2c1ccc2c(c1)C(C)(C)CC2(C)C)C(C)(C)CC3(C)C. The molecule has 0 spiro atoms. The molecule has 2 nitrogen and oxygen atoms in total. The number of rotatable bonds is 6. The van der Waals surface area contributed by atoms with Gasteiger partial charge < -0.3 is 9.80 Å². The lowest BCUT2D eigenvalue weighted by molar-refractivity contribution is 0.403. The van der Waals surface area contributed by atoms with Gasteiger partial charge in [-0.25, -0.2) is 0 Å². The van der Waals surface area contributed by atoms with E-state index in [1.807, 2.05) is 0 Å². The zero-order valence-electron chi connectivity index (χ0n) is 41.6. The highest BCUT2D eigenvalue weighted by atomic mass is 15.2. The van der Waals surface area contributed by atoms with Crippen LogP contribution in [0.25, 0.3) is 11.1 Å². The molecule has 0 radical (unpaired) electrons. The highest BCUT2D eigenvalue weighted by Gasteiger charge is 2.49. The van der Waals surface area contributed by atoms with Crippen LogP contribution in [0.5, 0.6) is 0 Å². The summed E-state index contributed by atoms with van der Waals surface area (Å²) in [6, 6.07) is 65.4. The minimum atomic E-state index is -0.00234. The van der Waals surface area contributed by atoms with Crippen molar-refractivity contribution in [3.63, 3.8) is 0 Å². The van der Waals surface area contributed by atoms with Crippen LogP contribution < -0.4 is 26.2 Å². The lowest BCUT2D eigenvalue weighted by Crippen LogP contribution is -2.61. The number of anilines is 6. The summed E-state index contributed by atoms with van der Waals surface area (Å²) in [7, 11) is 0. The van der Waals surface area contributed by atoms with E-state index in [0.29, 0.717) is 0 Å². The van der Waals surface area contributed by atoms with E-state index in [-0.39, 0.29) is 34.3 Å². The Kier molecular flexibility index (Phi) is 9.41. The molecular formula is C65H63BN2. The summed E-state index contributed by atoms with van der Waals surface area (Å²) in [6.07, 6.45) is 2.25. The zero-order chi connectivity index (χ0) is 47.1. The molecule has 8 aromatic carbocycles. The first kappa shape index (κ1) is 42.8. The molecule has 0 bridgehead atoms. The van der Waals surface area contributed by atoms with Gasteiger partial charge in [-0.1, -0.05) is 183 Å². The van der Waals surface area contributed by atoms with Crippen LogP contribution in [-0.4, -0.2) is 6.71 Å². The number of nitrogens with zero attached hydrogens (tertiary/aromatic N) is 2. The molecule has 0 N–H and O–H groups in total. The van der Waals surface area contributed by atoms with E-state index in [4.69, 9.17) is 0 Å². The van der Waals surface area contributed by atoms with E-state index in [9.17, 15) is 0 Å². The van der Waals surface area contributed by atoms with Gasteiger partial charge in [-0.05, 0) is 168 Å². The van der Waals surface area contributed by atoms with E-state index in [1.54, 1.807) is 0 Å². The first-order valence-electron chi connectivity index (χ1n) is 25.0. The quantitative estimate of drug-likeness (QED) is 0.121. The summed E-state index contributed by atoms with van der Waals surface area (Å²) in [5, 5.41) is 0. The molecule has 2 aliphatic carbocycles. The van der Waals surface area contributed by atoms with Crippen molar-refractivity contribution in [1.29, 1.82) is 0 Å². The van der Waals surface area contributed by atoms with Crippen molar-refractivity contribution in [3.8, 4) is 11.1 Å². The van der Waals surface area contributed by atoms with Crippen molar-refractivity contribution in [2.24, 2.45) is 0 Å². The Morgan fingerprint density at radius 3 is 1.57 bits per heavy atom. The minimum Gasteiger partial charge on any atom is -0.311 e. The lowest BCUT2D eigenvalue weighted by Gasteiger charge is -2.45. The van der Waals surface area contributed by atoms with Gasteiger partial charge in [0.1, 0.15) is 0 Å². The largest absolute Gasteiger partial charge is 0.311 e. The monoisotopic (exact) mass is 883 g/mol. The maximum atomic E-state index is 2.68. The Bertz CT molecular complexity index is 3280. The fourth-order valence-electron chi connectivity index (χ4n) is 14.0. The van der Waals surface area contributed by atoms with Crippen molar-refractivity contribution >= 4 is 57.2 Å². The number of fused-ring (bicyclic) bond motifs is 6. The van der Waals surface area contributed by atoms with Crippen molar-refractivity contribution in [1.82, 2.24) is 0 Å². The van der Waals surface area contributed by atoms with Gasteiger partial charge in [0.05, 0.1) is 0 Å². The Balaban J connectivity index is 1.19. The number of benzene rings is 8. The second-order valence-corrected chi connectivity index (χ2v) is 23.3. The van der Waals surface area contributed by atoms with E-state index in [1.165, 1.54) is 112 Å². The highest BCUT2D eigenvalue weighted by molar-refractivity contribution is 7.00. The molecule has 68 heavy (non-hydrogen) atoms. The summed E-state index contributed by atoms with van der Waals surface area (Å²) in [6.45, 7) is 24.2. The predicted molar refractivity (Wildman–Crippen MR) is 291 cm³/mol. The van der Waals surface area contributed by atoms with Crippen LogP contribution in [0.3, 0.4) is 0 Å². The third-order valence-electron chi connectivity index (χ3n) is 16.5. The average Bonchev–Trinajstić information content (AvgIpc) is 3.62. The fourth-order valence-corrected chi connectivity index (χ4v) is 14.0. The maximum Gasteiger partial charge on any atom is 0.252 e. The molecule has 3 heteroatoms. The van der Waals surface area contributed by atoms with Gasteiger partial charge in [0.15, 0.2) is 0 Å². The normalized spacial score (nSPS) is 17.4. The predicted octanol–water partition coefficient (Wildman–Crippen LogP) is 15.2. The lowest BCUT2D eigenvalue weighted by atomic mass is 9.33. The topological polar surface area (TPSA) is 6.48 Å². The van der Waals surface area contributed by atoms with E-state index in [2.05, 4.69) is 249 Å². The average molecular weight is 883 g/mol. The van der Waals surface area contributed by atoms with Crippen LogP contribution >= 0.6 is 0 Å². The smallest absolute Gasteiger partial charge is 0.252 e. The van der Waals surface area contributed by atoms with Gasteiger partial charge in [0, 0.05) is 40.0 Å². The van der Waals surface area contributed by atoms with Crippen molar-refractivity contribution in [2.45, 2.75) is 110 Å². The molecule has 0 fully saturated rings. The van der Waals surface area contributed by atoms with Gasteiger partial charge in [0.2, 0.25) is 0 Å². The molecule has 0 amide bonds. The van der Waals surface area contributed by atoms with Gasteiger partial charge in [-0.2, -0.15) is 0 Å². The van der Waals surface area contributed by atoms with Crippen LogP contribution in [0, 0.1) is 13.8 Å². The Labute approximate surface area is 405 Å². The van der Waals surface area contributed by atoms with E-state index >= 15 is 0 Å². The second-order valence-electron chi connectivity index (χ2n) is 23.3. The standard InChI is InChI=1S/C65H63BN2/c1-41-32-58-61-59(33-41)68(56-35-46(27-26-42(56)2)43-20-14-11-15-21-43)55-31-28-47(60(44-22-16-12-17-23-44)45-24-18-13-19-25-45)34-53(55)66(61)54-37-51-52(65(9,10)40-64(51,7)8)38-57(54)67(58)48-29-30-49-50(36-48)63(5,6)39-62(49,3)4/h11-38,60H,39-40H2,1-10H3. The highest BCUT2D eigenvalue weighted by Crippen LogP contribution is 2.55. The number of hydrogen-bond donors (Lipinski definition) is 0. The Morgan fingerprint density at radius 2 is 0.941 bits per heavy atom. The molecule has 2 aliphatic heterocycles. The first-order chi connectivity index (χ1) is 32.5. The first-order valence-corrected chi connectivity index (χ1v) is 25.0. The molecule has 0 saturated heterocycles. The molecule has 0 atom stereocenters. The summed E-state index contributed by atoms with van der Waals surface area (Å²) >= 11 is 0. The third-order valence-corrected chi connectivity index (χ3v) is 16.5.